The van der Waals surface area contributed by atoms with E-state index in [0.717, 1.165) is 0 Å². The van der Waals surface area contributed by atoms with Crippen molar-refractivity contribution >= 4 is 16.7 Å². The van der Waals surface area contributed by atoms with Crippen LogP contribution >= 0.6 is 0 Å². The lowest BCUT2D eigenvalue weighted by Gasteiger charge is -2.14. The summed E-state index contributed by atoms with van der Waals surface area (Å²) in [6, 6.07) is 4.41. The van der Waals surface area contributed by atoms with Crippen molar-refractivity contribution in [1.82, 2.24) is 5.32 Å². The lowest BCUT2D eigenvalue weighted by molar-refractivity contribution is 0.0936. The van der Waals surface area contributed by atoms with Gasteiger partial charge in [0, 0.05) is 34.9 Å². The molecule has 2 atom stereocenters. The molecule has 1 rings (SSSR count). The van der Waals surface area contributed by atoms with Gasteiger partial charge in [-0.1, -0.05) is 0 Å². The first-order valence-electron chi connectivity index (χ1n) is 5.92. The summed E-state index contributed by atoms with van der Waals surface area (Å²) >= 11 is 0. The molecule has 0 aromatic heterocycles. The van der Waals surface area contributed by atoms with Crippen molar-refractivity contribution in [1.29, 1.82) is 0 Å². The van der Waals surface area contributed by atoms with E-state index in [0.29, 0.717) is 17.9 Å². The van der Waals surface area contributed by atoms with Crippen LogP contribution in [0.5, 0.6) is 11.5 Å². The summed E-state index contributed by atoms with van der Waals surface area (Å²) in [5, 5.41) is 12.5. The van der Waals surface area contributed by atoms with Crippen LogP contribution in [-0.2, 0) is 10.8 Å². The van der Waals surface area contributed by atoms with Gasteiger partial charge >= 0.3 is 0 Å². The Morgan fingerprint density at radius 3 is 2.74 bits per heavy atom. The molecule has 2 unspecified atom stereocenters. The molecule has 5 nitrogen and oxygen atoms in total. The number of hydrogen-bond acceptors (Lipinski definition) is 4. The predicted molar refractivity (Wildman–Crippen MR) is 75.1 cm³/mol. The SMILES string of the molecule is COc1ccc(C(=O)NC(C)CCS(C)=O)c(O)c1. The van der Waals surface area contributed by atoms with Gasteiger partial charge in [-0.15, -0.1) is 0 Å². The van der Waals surface area contributed by atoms with Gasteiger partial charge in [-0.05, 0) is 25.5 Å². The molecule has 1 aromatic rings. The normalized spacial score (nSPS) is 13.6. The number of phenolic OH excluding ortho intramolecular Hbond substituents is 1. The van der Waals surface area contributed by atoms with Crippen molar-refractivity contribution in [3.8, 4) is 11.5 Å². The van der Waals surface area contributed by atoms with E-state index >= 15 is 0 Å². The number of ether oxygens (including phenoxy) is 1. The Morgan fingerprint density at radius 2 is 2.21 bits per heavy atom. The summed E-state index contributed by atoms with van der Waals surface area (Å²) in [6.07, 6.45) is 2.26. The fourth-order valence-corrected chi connectivity index (χ4v) is 2.23. The number of methoxy groups -OCH3 is 1. The largest absolute Gasteiger partial charge is 0.507 e. The molecule has 1 amide bonds. The Balaban J connectivity index is 2.65. The molecule has 106 valence electrons. The van der Waals surface area contributed by atoms with Gasteiger partial charge in [0.1, 0.15) is 11.5 Å². The van der Waals surface area contributed by atoms with E-state index < -0.39 is 10.8 Å². The van der Waals surface area contributed by atoms with E-state index in [1.807, 2.05) is 6.92 Å². The van der Waals surface area contributed by atoms with E-state index in [2.05, 4.69) is 5.32 Å². The Bertz CT molecular complexity index is 476. The van der Waals surface area contributed by atoms with E-state index in [1.54, 1.807) is 12.3 Å². The van der Waals surface area contributed by atoms with Crippen molar-refractivity contribution in [2.45, 2.75) is 19.4 Å². The second-order valence-corrected chi connectivity index (χ2v) is 5.88. The predicted octanol–water partition coefficient (Wildman–Crippen LogP) is 1.29. The van der Waals surface area contributed by atoms with Crippen LogP contribution in [-0.4, -0.2) is 40.4 Å². The molecule has 1 aromatic carbocycles. The molecule has 0 aliphatic carbocycles. The van der Waals surface area contributed by atoms with Gasteiger partial charge in [0.2, 0.25) is 0 Å². The Hall–Kier alpha value is -1.56. The summed E-state index contributed by atoms with van der Waals surface area (Å²) in [6.45, 7) is 1.84. The van der Waals surface area contributed by atoms with Crippen molar-refractivity contribution in [3.05, 3.63) is 23.8 Å². The van der Waals surface area contributed by atoms with Crippen LogP contribution in [0.3, 0.4) is 0 Å². The van der Waals surface area contributed by atoms with Crippen molar-refractivity contribution in [2.75, 3.05) is 19.1 Å². The van der Waals surface area contributed by atoms with Crippen LogP contribution in [0.15, 0.2) is 18.2 Å². The topological polar surface area (TPSA) is 75.6 Å². The van der Waals surface area contributed by atoms with Crippen LogP contribution in [0, 0.1) is 0 Å². The fraction of sp³-hybridized carbons (Fsp3) is 0.462. The number of aromatic hydroxyl groups is 1. The molecule has 0 saturated heterocycles. The first kappa shape index (κ1) is 15.5. The van der Waals surface area contributed by atoms with Crippen LogP contribution in [0.25, 0.3) is 0 Å². The molecule has 0 heterocycles. The zero-order valence-corrected chi connectivity index (χ0v) is 12.1. The van der Waals surface area contributed by atoms with Gasteiger partial charge in [0.15, 0.2) is 0 Å². The average Bonchev–Trinajstić information content (AvgIpc) is 2.35. The molecule has 0 bridgehead atoms. The number of benzene rings is 1. The Labute approximate surface area is 115 Å². The minimum Gasteiger partial charge on any atom is -0.507 e. The molecule has 6 heteroatoms. The van der Waals surface area contributed by atoms with Gasteiger partial charge in [0.25, 0.3) is 5.91 Å². The third-order valence-electron chi connectivity index (χ3n) is 2.67. The minimum absolute atomic E-state index is 0.0992. The maximum atomic E-state index is 11.9. The molecule has 19 heavy (non-hydrogen) atoms. The average molecular weight is 285 g/mol. The summed E-state index contributed by atoms with van der Waals surface area (Å²) < 4.78 is 15.9. The maximum Gasteiger partial charge on any atom is 0.255 e. The van der Waals surface area contributed by atoms with Gasteiger partial charge in [-0.25, -0.2) is 0 Å². The number of phenols is 1. The number of nitrogens with one attached hydrogen (secondary N) is 1. The molecule has 0 radical (unpaired) electrons. The maximum absolute atomic E-state index is 11.9. The number of hydrogen-bond donors (Lipinski definition) is 2. The van der Waals surface area contributed by atoms with Gasteiger partial charge < -0.3 is 15.2 Å². The Kier molecular flexibility index (Phi) is 5.82. The van der Waals surface area contributed by atoms with Crippen LogP contribution in [0.1, 0.15) is 23.7 Å². The summed E-state index contributed by atoms with van der Waals surface area (Å²) in [5.74, 6) is 0.553. The number of carbonyl (C=O) groups is 1. The summed E-state index contributed by atoms with van der Waals surface area (Å²) in [7, 11) is 0.616. The van der Waals surface area contributed by atoms with E-state index in [1.165, 1.54) is 19.2 Å². The third-order valence-corrected chi connectivity index (χ3v) is 3.48. The summed E-state index contributed by atoms with van der Waals surface area (Å²) in [4.78, 5) is 11.9. The zero-order valence-electron chi connectivity index (χ0n) is 11.3. The van der Waals surface area contributed by atoms with Gasteiger partial charge in [-0.3, -0.25) is 9.00 Å². The first-order chi connectivity index (χ1) is 8.93. The standard InChI is InChI=1S/C13H19NO4S/c1-9(6-7-19(3)17)14-13(16)11-5-4-10(18-2)8-12(11)15/h4-5,8-9,15H,6-7H2,1-3H3,(H,14,16). The van der Waals surface area contributed by atoms with E-state index in [-0.39, 0.29) is 23.3 Å². The summed E-state index contributed by atoms with van der Waals surface area (Å²) in [5.41, 5.74) is 0.199. The second kappa shape index (κ2) is 7.13. The van der Waals surface area contributed by atoms with E-state index in [4.69, 9.17) is 4.74 Å². The quantitative estimate of drug-likeness (QED) is 0.826. The first-order valence-corrected chi connectivity index (χ1v) is 7.64. The molecule has 0 spiro atoms. The van der Waals surface area contributed by atoms with Gasteiger partial charge in [-0.2, -0.15) is 0 Å². The highest BCUT2D eigenvalue weighted by molar-refractivity contribution is 7.84. The molecular formula is C13H19NO4S. The highest BCUT2D eigenvalue weighted by atomic mass is 32.2. The second-order valence-electron chi connectivity index (χ2n) is 4.32. The highest BCUT2D eigenvalue weighted by Crippen LogP contribution is 2.23. The number of rotatable bonds is 6. The van der Waals surface area contributed by atoms with Crippen LogP contribution in [0.2, 0.25) is 0 Å². The molecule has 0 aliphatic heterocycles. The monoisotopic (exact) mass is 285 g/mol. The molecular weight excluding hydrogens is 266 g/mol. The number of carbonyl (C=O) groups excluding carboxylic acids is 1. The molecule has 0 fully saturated rings. The van der Waals surface area contributed by atoms with Crippen molar-refractivity contribution < 1.29 is 18.8 Å². The zero-order chi connectivity index (χ0) is 14.4. The molecule has 2 N–H and O–H groups in total. The van der Waals surface area contributed by atoms with Crippen molar-refractivity contribution in [3.63, 3.8) is 0 Å². The smallest absolute Gasteiger partial charge is 0.255 e. The minimum atomic E-state index is -0.871. The highest BCUT2D eigenvalue weighted by Gasteiger charge is 2.14. The lowest BCUT2D eigenvalue weighted by Crippen LogP contribution is -2.33. The van der Waals surface area contributed by atoms with Crippen molar-refractivity contribution in [2.24, 2.45) is 0 Å². The third kappa shape index (κ3) is 4.90. The molecule has 0 saturated carbocycles. The van der Waals surface area contributed by atoms with Crippen LogP contribution < -0.4 is 10.1 Å². The fourth-order valence-electron chi connectivity index (χ4n) is 1.55. The molecule has 0 aliphatic rings. The van der Waals surface area contributed by atoms with Gasteiger partial charge in [0.05, 0.1) is 12.7 Å². The number of amides is 1. The van der Waals surface area contributed by atoms with E-state index in [9.17, 15) is 14.1 Å². The Morgan fingerprint density at radius 1 is 1.53 bits per heavy atom. The van der Waals surface area contributed by atoms with Crippen LogP contribution in [0.4, 0.5) is 0 Å². The lowest BCUT2D eigenvalue weighted by atomic mass is 10.1.